The van der Waals surface area contributed by atoms with Crippen LogP contribution in [0, 0.1) is 0 Å². The summed E-state index contributed by atoms with van der Waals surface area (Å²) in [6.07, 6.45) is 1.57. The molecule has 1 heterocycles. The minimum absolute atomic E-state index is 0.00376. The fourth-order valence-corrected chi connectivity index (χ4v) is 5.17. The minimum Gasteiger partial charge on any atom is -0.490 e. The number of nitrogens with one attached hydrogen (secondary N) is 1. The standard InChI is InChI=1S/C35H29N3O4/c1-2-41-33-20-24(18-19-32(33)42-23-26-12-9-11-25-10-3-4-13-27(25)26)21-36-37-34(39)22-38-30-16-7-5-14-28(30)35(40)29-15-6-8-17-31(29)38/h3-21H,2,22-23H2,1H3,(H,37,39)/b36-21-. The number of nitrogens with zero attached hydrogens (tertiary/aromatic N) is 2. The molecule has 6 rings (SSSR count). The molecule has 1 amide bonds. The predicted octanol–water partition coefficient (Wildman–Crippen LogP) is 6.44. The number of para-hydroxylation sites is 2. The Balaban J connectivity index is 1.17. The number of amides is 1. The molecule has 7 heteroatoms. The second-order valence-electron chi connectivity index (χ2n) is 9.81. The van der Waals surface area contributed by atoms with Crippen LogP contribution in [0.15, 0.2) is 119 Å². The summed E-state index contributed by atoms with van der Waals surface area (Å²) in [5.74, 6) is 0.910. The predicted molar refractivity (Wildman–Crippen MR) is 167 cm³/mol. The summed E-state index contributed by atoms with van der Waals surface area (Å²) in [6, 6.07) is 34.5. The lowest BCUT2D eigenvalue weighted by Crippen LogP contribution is -2.25. The Kier molecular flexibility index (Phi) is 7.64. The molecule has 0 saturated heterocycles. The summed E-state index contributed by atoms with van der Waals surface area (Å²) in [5.41, 5.74) is 5.79. The zero-order valence-corrected chi connectivity index (χ0v) is 23.1. The zero-order chi connectivity index (χ0) is 28.9. The van der Waals surface area contributed by atoms with Crippen LogP contribution in [0.2, 0.25) is 0 Å². The summed E-state index contributed by atoms with van der Waals surface area (Å²) >= 11 is 0. The van der Waals surface area contributed by atoms with Crippen molar-refractivity contribution in [2.75, 3.05) is 6.61 Å². The smallest absolute Gasteiger partial charge is 0.260 e. The number of aromatic nitrogens is 1. The number of benzene rings is 5. The lowest BCUT2D eigenvalue weighted by Gasteiger charge is -2.14. The number of pyridine rings is 1. The van der Waals surface area contributed by atoms with Crippen molar-refractivity contribution < 1.29 is 14.3 Å². The van der Waals surface area contributed by atoms with Crippen LogP contribution in [-0.4, -0.2) is 23.3 Å². The molecule has 208 valence electrons. The summed E-state index contributed by atoms with van der Waals surface area (Å²) in [5, 5.41) is 7.63. The van der Waals surface area contributed by atoms with Crippen molar-refractivity contribution >= 4 is 44.7 Å². The Morgan fingerprint density at radius 1 is 0.786 bits per heavy atom. The van der Waals surface area contributed by atoms with Crippen molar-refractivity contribution in [1.29, 1.82) is 0 Å². The van der Waals surface area contributed by atoms with Gasteiger partial charge in [0.1, 0.15) is 13.2 Å². The summed E-state index contributed by atoms with van der Waals surface area (Å²) in [4.78, 5) is 25.9. The third-order valence-corrected chi connectivity index (χ3v) is 7.11. The van der Waals surface area contributed by atoms with Gasteiger partial charge in [-0.25, -0.2) is 5.43 Å². The van der Waals surface area contributed by atoms with Crippen molar-refractivity contribution in [1.82, 2.24) is 9.99 Å². The minimum atomic E-state index is -0.315. The number of hydrazone groups is 1. The van der Waals surface area contributed by atoms with Gasteiger partial charge in [-0.2, -0.15) is 5.10 Å². The maximum Gasteiger partial charge on any atom is 0.260 e. The van der Waals surface area contributed by atoms with E-state index in [1.54, 1.807) is 18.3 Å². The van der Waals surface area contributed by atoms with Crippen LogP contribution in [-0.2, 0) is 17.9 Å². The molecule has 7 nitrogen and oxygen atoms in total. The molecule has 6 aromatic rings. The van der Waals surface area contributed by atoms with Gasteiger partial charge in [-0.05, 0) is 71.3 Å². The fourth-order valence-electron chi connectivity index (χ4n) is 5.17. The van der Waals surface area contributed by atoms with Gasteiger partial charge < -0.3 is 14.0 Å². The van der Waals surface area contributed by atoms with Crippen LogP contribution in [0.1, 0.15) is 18.1 Å². The molecule has 0 saturated carbocycles. The van der Waals surface area contributed by atoms with Gasteiger partial charge in [0.15, 0.2) is 16.9 Å². The number of fused-ring (bicyclic) bond motifs is 3. The lowest BCUT2D eigenvalue weighted by molar-refractivity contribution is -0.121. The summed E-state index contributed by atoms with van der Waals surface area (Å²) in [7, 11) is 0. The van der Waals surface area contributed by atoms with E-state index in [0.29, 0.717) is 46.5 Å². The Labute approximate surface area is 242 Å². The highest BCUT2D eigenvalue weighted by Crippen LogP contribution is 2.30. The SMILES string of the molecule is CCOc1cc(/C=N\NC(=O)Cn2c3ccccc3c(=O)c3ccccc32)ccc1OCc1cccc2ccccc12. The Bertz CT molecular complexity index is 1950. The van der Waals surface area contributed by atoms with Gasteiger partial charge in [0.25, 0.3) is 5.91 Å². The molecule has 0 aliphatic heterocycles. The second kappa shape index (κ2) is 12.0. The first-order valence-corrected chi connectivity index (χ1v) is 13.8. The Morgan fingerprint density at radius 2 is 1.45 bits per heavy atom. The van der Waals surface area contributed by atoms with Gasteiger partial charge in [0.05, 0.1) is 23.9 Å². The van der Waals surface area contributed by atoms with Crippen LogP contribution < -0.4 is 20.3 Å². The normalized spacial score (nSPS) is 11.4. The largest absolute Gasteiger partial charge is 0.490 e. The van der Waals surface area contributed by atoms with E-state index in [2.05, 4.69) is 34.8 Å². The van der Waals surface area contributed by atoms with Crippen molar-refractivity contribution in [2.24, 2.45) is 5.10 Å². The average Bonchev–Trinajstić information content (AvgIpc) is 3.03. The molecule has 0 aliphatic rings. The van der Waals surface area contributed by atoms with E-state index in [-0.39, 0.29) is 17.9 Å². The molecule has 42 heavy (non-hydrogen) atoms. The van der Waals surface area contributed by atoms with Crippen molar-refractivity contribution in [3.05, 3.63) is 131 Å². The van der Waals surface area contributed by atoms with Crippen LogP contribution in [0.25, 0.3) is 32.6 Å². The van der Waals surface area contributed by atoms with E-state index < -0.39 is 0 Å². The van der Waals surface area contributed by atoms with Crippen molar-refractivity contribution in [2.45, 2.75) is 20.1 Å². The van der Waals surface area contributed by atoms with Gasteiger partial charge in [0, 0.05) is 10.8 Å². The molecule has 5 aromatic carbocycles. The summed E-state index contributed by atoms with van der Waals surface area (Å²) in [6.45, 7) is 2.80. The van der Waals surface area contributed by atoms with Crippen molar-refractivity contribution in [3.63, 3.8) is 0 Å². The second-order valence-corrected chi connectivity index (χ2v) is 9.81. The molecule has 0 bridgehead atoms. The maximum absolute atomic E-state index is 13.0. The van der Waals surface area contributed by atoms with Gasteiger partial charge >= 0.3 is 0 Å². The van der Waals surface area contributed by atoms with E-state index in [0.717, 1.165) is 16.5 Å². The van der Waals surface area contributed by atoms with E-state index >= 15 is 0 Å². The van der Waals surface area contributed by atoms with Crippen LogP contribution >= 0.6 is 0 Å². The average molecular weight is 556 g/mol. The highest BCUT2D eigenvalue weighted by atomic mass is 16.5. The Hall–Kier alpha value is -5.43. The van der Waals surface area contributed by atoms with E-state index in [9.17, 15) is 9.59 Å². The van der Waals surface area contributed by atoms with E-state index in [1.165, 1.54) is 5.39 Å². The number of carbonyl (C=O) groups is 1. The molecule has 1 N–H and O–H groups in total. The highest BCUT2D eigenvalue weighted by molar-refractivity contribution is 5.95. The monoisotopic (exact) mass is 555 g/mol. The number of hydrogen-bond acceptors (Lipinski definition) is 5. The van der Waals surface area contributed by atoms with Gasteiger partial charge in [-0.15, -0.1) is 0 Å². The molecule has 0 spiro atoms. The molecule has 0 atom stereocenters. The first-order chi connectivity index (χ1) is 20.6. The zero-order valence-electron chi connectivity index (χ0n) is 23.1. The van der Waals surface area contributed by atoms with Gasteiger partial charge in [-0.1, -0.05) is 66.7 Å². The van der Waals surface area contributed by atoms with Gasteiger partial charge in [0.2, 0.25) is 0 Å². The summed E-state index contributed by atoms with van der Waals surface area (Å²) < 4.78 is 13.9. The van der Waals surface area contributed by atoms with Crippen LogP contribution in [0.5, 0.6) is 11.5 Å². The fraction of sp³-hybridized carbons (Fsp3) is 0.114. The first-order valence-electron chi connectivity index (χ1n) is 13.8. The molecular weight excluding hydrogens is 526 g/mol. The number of rotatable bonds is 9. The third kappa shape index (κ3) is 5.45. The maximum atomic E-state index is 13.0. The third-order valence-electron chi connectivity index (χ3n) is 7.11. The van der Waals surface area contributed by atoms with Gasteiger partial charge in [-0.3, -0.25) is 9.59 Å². The first kappa shape index (κ1) is 26.8. The topological polar surface area (TPSA) is 81.9 Å². The Morgan fingerprint density at radius 3 is 2.19 bits per heavy atom. The molecule has 0 aliphatic carbocycles. The van der Waals surface area contributed by atoms with Crippen molar-refractivity contribution in [3.8, 4) is 11.5 Å². The quantitative estimate of drug-likeness (QED) is 0.127. The van der Waals surface area contributed by atoms with E-state index in [1.807, 2.05) is 84.3 Å². The van der Waals surface area contributed by atoms with Crippen LogP contribution in [0.3, 0.4) is 0 Å². The molecule has 0 fully saturated rings. The molecule has 1 aromatic heterocycles. The van der Waals surface area contributed by atoms with E-state index in [4.69, 9.17) is 9.47 Å². The molecule has 0 radical (unpaired) electrons. The lowest BCUT2D eigenvalue weighted by atomic mass is 10.1. The molecular formula is C35H29N3O4. The number of ether oxygens (including phenoxy) is 2. The number of carbonyl (C=O) groups excluding carboxylic acids is 1. The highest BCUT2D eigenvalue weighted by Gasteiger charge is 2.13. The number of hydrogen-bond donors (Lipinski definition) is 1. The molecule has 0 unspecified atom stereocenters. The van der Waals surface area contributed by atoms with Crippen LogP contribution in [0.4, 0.5) is 0 Å².